The van der Waals surface area contributed by atoms with Crippen LogP contribution in [0.25, 0.3) is 0 Å². The van der Waals surface area contributed by atoms with E-state index in [-0.39, 0.29) is 6.10 Å². The normalized spacial score (nSPS) is 12.4. The minimum absolute atomic E-state index is 0.150. The Labute approximate surface area is 151 Å². The number of unbranched alkanes of at least 4 members (excludes halogenated alkanes) is 4. The lowest BCUT2D eigenvalue weighted by atomic mass is 10.0. The highest BCUT2D eigenvalue weighted by atomic mass is 35.5. The summed E-state index contributed by atoms with van der Waals surface area (Å²) in [5.41, 5.74) is 1.22. The Morgan fingerprint density at radius 1 is 1.08 bits per heavy atom. The summed E-state index contributed by atoms with van der Waals surface area (Å²) in [7, 11) is 0. The van der Waals surface area contributed by atoms with Gasteiger partial charge in [-0.3, -0.25) is 0 Å². The molecule has 0 aliphatic carbocycles. The molecule has 0 aliphatic heterocycles. The van der Waals surface area contributed by atoms with Crippen molar-refractivity contribution in [3.63, 3.8) is 0 Å². The minimum atomic E-state index is 0.150. The summed E-state index contributed by atoms with van der Waals surface area (Å²) in [6.45, 7) is 4.05. The summed E-state index contributed by atoms with van der Waals surface area (Å²) < 4.78 is 8.31. The zero-order valence-corrected chi connectivity index (χ0v) is 15.4. The highest BCUT2D eigenvalue weighted by Gasteiger charge is 2.12. The van der Waals surface area contributed by atoms with Gasteiger partial charge >= 0.3 is 0 Å². The molecule has 1 atom stereocenters. The van der Waals surface area contributed by atoms with Crippen molar-refractivity contribution in [2.75, 3.05) is 6.61 Å². The van der Waals surface area contributed by atoms with Crippen LogP contribution in [-0.4, -0.2) is 16.2 Å². The lowest BCUT2D eigenvalue weighted by molar-refractivity contribution is 0.0418. The molecule has 0 radical (unpaired) electrons. The second-order valence-electron chi connectivity index (χ2n) is 6.27. The molecule has 0 aliphatic rings. The summed E-state index contributed by atoms with van der Waals surface area (Å²) in [5, 5.41) is 0.774. The molecule has 2 rings (SSSR count). The van der Waals surface area contributed by atoms with Crippen LogP contribution in [0.3, 0.4) is 0 Å². The SMILES string of the molecule is CCCCCCCOC(CCCn1ccnc1)c1ccc(Cl)cc1. The van der Waals surface area contributed by atoms with E-state index in [1.165, 1.54) is 31.2 Å². The maximum Gasteiger partial charge on any atom is 0.0945 e. The molecule has 3 nitrogen and oxygen atoms in total. The molecule has 0 amide bonds. The van der Waals surface area contributed by atoms with Crippen molar-refractivity contribution in [1.82, 2.24) is 9.55 Å². The van der Waals surface area contributed by atoms with Crippen molar-refractivity contribution in [3.8, 4) is 0 Å². The first-order chi connectivity index (χ1) is 11.8. The number of hydrogen-bond acceptors (Lipinski definition) is 2. The Morgan fingerprint density at radius 3 is 2.58 bits per heavy atom. The smallest absolute Gasteiger partial charge is 0.0945 e. The van der Waals surface area contributed by atoms with Crippen LogP contribution in [0, 0.1) is 0 Å². The number of aromatic nitrogens is 2. The minimum Gasteiger partial charge on any atom is -0.374 e. The van der Waals surface area contributed by atoms with Crippen LogP contribution in [-0.2, 0) is 11.3 Å². The molecule has 0 N–H and O–H groups in total. The molecular weight excluding hydrogens is 320 g/mol. The largest absolute Gasteiger partial charge is 0.374 e. The number of rotatable bonds is 12. The third-order valence-corrected chi connectivity index (χ3v) is 4.50. The molecule has 2 aromatic rings. The van der Waals surface area contributed by atoms with E-state index >= 15 is 0 Å². The highest BCUT2D eigenvalue weighted by molar-refractivity contribution is 6.30. The van der Waals surface area contributed by atoms with Crippen LogP contribution in [0.1, 0.15) is 63.5 Å². The molecular formula is C20H29ClN2O. The second-order valence-corrected chi connectivity index (χ2v) is 6.70. The number of imidazole rings is 1. The number of aryl methyl sites for hydroxylation is 1. The number of hydrogen-bond donors (Lipinski definition) is 0. The lowest BCUT2D eigenvalue weighted by Gasteiger charge is -2.19. The van der Waals surface area contributed by atoms with Crippen molar-refractivity contribution < 1.29 is 4.74 Å². The van der Waals surface area contributed by atoms with Crippen molar-refractivity contribution in [2.24, 2.45) is 0 Å². The maximum absolute atomic E-state index is 6.20. The van der Waals surface area contributed by atoms with Crippen molar-refractivity contribution in [2.45, 2.75) is 64.5 Å². The zero-order valence-electron chi connectivity index (χ0n) is 14.7. The van der Waals surface area contributed by atoms with Crippen molar-refractivity contribution in [3.05, 3.63) is 53.6 Å². The molecule has 0 saturated heterocycles. The molecule has 4 heteroatoms. The second kappa shape index (κ2) is 11.3. The Morgan fingerprint density at radius 2 is 1.88 bits per heavy atom. The first-order valence-electron chi connectivity index (χ1n) is 9.12. The molecule has 24 heavy (non-hydrogen) atoms. The lowest BCUT2D eigenvalue weighted by Crippen LogP contribution is -2.07. The topological polar surface area (TPSA) is 27.1 Å². The van der Waals surface area contributed by atoms with Crippen molar-refractivity contribution >= 4 is 11.6 Å². The fourth-order valence-corrected chi connectivity index (χ4v) is 2.96. The molecule has 0 bridgehead atoms. The highest BCUT2D eigenvalue weighted by Crippen LogP contribution is 2.25. The first kappa shape index (κ1) is 19.0. The quantitative estimate of drug-likeness (QED) is 0.437. The molecule has 0 fully saturated rings. The van der Waals surface area contributed by atoms with Gasteiger partial charge in [0.2, 0.25) is 0 Å². The van der Waals surface area contributed by atoms with Gasteiger partial charge in [-0.2, -0.15) is 0 Å². The van der Waals surface area contributed by atoms with Gasteiger partial charge < -0.3 is 9.30 Å². The van der Waals surface area contributed by atoms with Crippen LogP contribution in [0.4, 0.5) is 0 Å². The van der Waals surface area contributed by atoms with E-state index in [9.17, 15) is 0 Å². The third-order valence-electron chi connectivity index (χ3n) is 4.25. The molecule has 1 heterocycles. The van der Waals surface area contributed by atoms with E-state index < -0.39 is 0 Å². The summed E-state index contributed by atoms with van der Waals surface area (Å²) in [6.07, 6.45) is 14.2. The average Bonchev–Trinajstić information content (AvgIpc) is 3.10. The van der Waals surface area contributed by atoms with Gasteiger partial charge in [0.25, 0.3) is 0 Å². The average molecular weight is 349 g/mol. The fourth-order valence-electron chi connectivity index (χ4n) is 2.83. The standard InChI is InChI=1S/C20H29ClN2O/c1-2-3-4-5-6-16-24-20(18-9-11-19(21)12-10-18)8-7-14-23-15-13-22-17-23/h9-13,15,17,20H,2-8,14,16H2,1H3. The summed E-state index contributed by atoms with van der Waals surface area (Å²) >= 11 is 6.01. The maximum atomic E-state index is 6.20. The summed E-state index contributed by atoms with van der Waals surface area (Å²) in [4.78, 5) is 4.09. The first-order valence-corrected chi connectivity index (χ1v) is 9.50. The number of halogens is 1. The summed E-state index contributed by atoms with van der Waals surface area (Å²) in [5.74, 6) is 0. The zero-order chi connectivity index (χ0) is 17.0. The molecule has 132 valence electrons. The van der Waals surface area contributed by atoms with Crippen LogP contribution in [0.15, 0.2) is 43.0 Å². The number of nitrogens with zero attached hydrogens (tertiary/aromatic N) is 2. The van der Waals surface area contributed by atoms with Crippen LogP contribution in [0.2, 0.25) is 5.02 Å². The molecule has 1 unspecified atom stereocenters. The Balaban J connectivity index is 1.80. The predicted octanol–water partition coefficient (Wildman–Crippen LogP) is 6.05. The Hall–Kier alpha value is -1.32. The fraction of sp³-hybridized carbons (Fsp3) is 0.550. The van der Waals surface area contributed by atoms with Gasteiger partial charge in [-0.25, -0.2) is 4.98 Å². The van der Waals surface area contributed by atoms with Gasteiger partial charge in [0.15, 0.2) is 0 Å². The van der Waals surface area contributed by atoms with Crippen LogP contribution in [0.5, 0.6) is 0 Å². The van der Waals surface area contributed by atoms with Gasteiger partial charge in [0, 0.05) is 30.6 Å². The van der Waals surface area contributed by atoms with Crippen LogP contribution < -0.4 is 0 Å². The van der Waals surface area contributed by atoms with E-state index in [2.05, 4.69) is 28.6 Å². The van der Waals surface area contributed by atoms with Gasteiger partial charge in [-0.15, -0.1) is 0 Å². The predicted molar refractivity (Wildman–Crippen MR) is 100 cm³/mol. The summed E-state index contributed by atoms with van der Waals surface area (Å²) in [6, 6.07) is 8.07. The van der Waals surface area contributed by atoms with Gasteiger partial charge in [-0.05, 0) is 37.0 Å². The van der Waals surface area contributed by atoms with E-state index in [0.717, 1.165) is 37.4 Å². The molecule has 1 aromatic heterocycles. The van der Waals surface area contributed by atoms with E-state index in [1.807, 2.05) is 30.9 Å². The van der Waals surface area contributed by atoms with Crippen molar-refractivity contribution in [1.29, 1.82) is 0 Å². The van der Waals surface area contributed by atoms with Crippen LogP contribution >= 0.6 is 11.6 Å². The van der Waals surface area contributed by atoms with E-state index in [1.54, 1.807) is 0 Å². The molecule has 1 aromatic carbocycles. The Kier molecular flexibility index (Phi) is 8.93. The van der Waals surface area contributed by atoms with E-state index in [4.69, 9.17) is 16.3 Å². The third kappa shape index (κ3) is 7.06. The molecule has 0 spiro atoms. The number of ether oxygens (including phenoxy) is 1. The van der Waals surface area contributed by atoms with Gasteiger partial charge in [0.1, 0.15) is 0 Å². The monoisotopic (exact) mass is 348 g/mol. The van der Waals surface area contributed by atoms with E-state index in [0.29, 0.717) is 0 Å². The molecule has 0 saturated carbocycles. The number of benzene rings is 1. The Bertz CT molecular complexity index is 539. The van der Waals surface area contributed by atoms with Gasteiger partial charge in [-0.1, -0.05) is 56.3 Å². The van der Waals surface area contributed by atoms with Gasteiger partial charge in [0.05, 0.1) is 12.4 Å².